The molecule has 1 aliphatic heterocycles. The van der Waals surface area contributed by atoms with Crippen molar-refractivity contribution in [1.82, 2.24) is 4.72 Å². The summed E-state index contributed by atoms with van der Waals surface area (Å²) in [5.41, 5.74) is 0. The van der Waals surface area contributed by atoms with Crippen molar-refractivity contribution in [3.63, 3.8) is 0 Å². The molecule has 0 aliphatic carbocycles. The van der Waals surface area contributed by atoms with E-state index < -0.39 is 19.1 Å². The molecule has 3 nitrogen and oxygen atoms in total. The Morgan fingerprint density at radius 1 is 1.50 bits per heavy atom. The van der Waals surface area contributed by atoms with Crippen LogP contribution in [-0.2, 0) is 25.7 Å². The second kappa shape index (κ2) is 7.62. The first-order chi connectivity index (χ1) is 3.91. The van der Waals surface area contributed by atoms with Crippen LogP contribution in [0.4, 0.5) is 0 Å². The first-order valence-corrected chi connectivity index (χ1v) is 4.52. The average molecular weight is 169 g/mol. The van der Waals surface area contributed by atoms with Gasteiger partial charge < -0.3 is 0 Å². The Balaban J connectivity index is 0.000000145. The van der Waals surface area contributed by atoms with Crippen molar-refractivity contribution in [2.24, 2.45) is 0 Å². The van der Waals surface area contributed by atoms with E-state index in [1.165, 1.54) is 18.7 Å². The van der Waals surface area contributed by atoms with Crippen molar-refractivity contribution < 1.29 is 25.7 Å². The van der Waals surface area contributed by atoms with Crippen LogP contribution in [0.2, 0.25) is 0 Å². The van der Waals surface area contributed by atoms with E-state index >= 15 is 0 Å². The van der Waals surface area contributed by atoms with Crippen LogP contribution in [0.5, 0.6) is 0 Å². The zero-order valence-corrected chi connectivity index (χ0v) is 6.72. The fraction of sp³-hybridized carbons (Fsp3) is 1.00. The van der Waals surface area contributed by atoms with Gasteiger partial charge in [-0.15, -0.1) is 0 Å². The summed E-state index contributed by atoms with van der Waals surface area (Å²) < 4.78 is 20.1. The van der Waals surface area contributed by atoms with E-state index in [9.17, 15) is 0 Å². The summed E-state index contributed by atoms with van der Waals surface area (Å²) in [6.45, 7) is 1.21. The van der Waals surface area contributed by atoms with Gasteiger partial charge in [0.1, 0.15) is 0 Å². The molecule has 5 heteroatoms. The van der Waals surface area contributed by atoms with Gasteiger partial charge in [-0.1, -0.05) is 11.9 Å². The van der Waals surface area contributed by atoms with Crippen molar-refractivity contribution >= 4 is 11.9 Å². The molecule has 1 saturated heterocycles. The Kier molecular flexibility index (Phi) is 8.22. The van der Waals surface area contributed by atoms with E-state index in [0.29, 0.717) is 0 Å². The molecule has 0 aromatic carbocycles. The molecule has 1 N–H and O–H groups in total. The van der Waals surface area contributed by atoms with Gasteiger partial charge in [-0.05, 0) is 6.42 Å². The molecule has 0 unspecified atom stereocenters. The molecule has 46 valence electrons. The van der Waals surface area contributed by atoms with E-state index in [1.54, 1.807) is 0 Å². The van der Waals surface area contributed by atoms with Gasteiger partial charge in [0.15, 0.2) is 0 Å². The molecule has 1 fully saturated rings. The molecule has 0 spiro atoms. The van der Waals surface area contributed by atoms with Crippen molar-refractivity contribution in [3.8, 4) is 0 Å². The summed E-state index contributed by atoms with van der Waals surface area (Å²) in [6, 6.07) is 0. The summed E-state index contributed by atoms with van der Waals surface area (Å²) >= 11 is -0.176. The van der Waals surface area contributed by atoms with Crippen LogP contribution in [0.15, 0.2) is 0 Å². The van der Waals surface area contributed by atoms with Gasteiger partial charge in [0.05, 0.1) is 0 Å². The Hall–Kier alpha value is 0.624. The Bertz CT molecular complexity index is 71.7. The third-order valence-corrected chi connectivity index (χ3v) is 1.53. The fourth-order valence-electron chi connectivity index (χ4n) is 0.361. The standard InChI is InChI=1S/C3H7NS.2O.Ti/c1-2-4-5-3-1;;;/h4H,1-3H2;;;. The molecular weight excluding hydrogens is 162 g/mol. The van der Waals surface area contributed by atoms with Gasteiger partial charge in [-0.2, -0.15) is 0 Å². The number of hydrogen-bond acceptors (Lipinski definition) is 4. The van der Waals surface area contributed by atoms with E-state index in [2.05, 4.69) is 4.72 Å². The van der Waals surface area contributed by atoms with Crippen molar-refractivity contribution in [2.75, 3.05) is 12.3 Å². The molecule has 0 atom stereocenters. The molecule has 1 heterocycles. The number of nitrogens with one attached hydrogen (secondary N) is 1. The molecule has 1 rings (SSSR count). The number of rotatable bonds is 0. The molecule has 0 saturated carbocycles. The van der Waals surface area contributed by atoms with Gasteiger partial charge in [-0.25, -0.2) is 0 Å². The molecular formula is C3H7NO2STi. The average Bonchev–Trinajstić information content (AvgIpc) is 2.17. The zero-order valence-electron chi connectivity index (χ0n) is 4.35. The third-order valence-electron chi connectivity index (χ3n) is 0.627. The van der Waals surface area contributed by atoms with Crippen LogP contribution in [0.25, 0.3) is 0 Å². The summed E-state index contributed by atoms with van der Waals surface area (Å²) in [5.74, 6) is 1.31. The predicted octanol–water partition coefficient (Wildman–Crippen LogP) is 0.388. The molecule has 0 bridgehead atoms. The summed E-state index contributed by atoms with van der Waals surface area (Å²) in [5, 5.41) is 0. The van der Waals surface area contributed by atoms with Gasteiger partial charge in [0.2, 0.25) is 0 Å². The maximum atomic E-state index is 8.50. The molecule has 0 aromatic rings. The minimum absolute atomic E-state index is 1.21. The molecule has 0 amide bonds. The molecule has 1 aliphatic rings. The summed E-state index contributed by atoms with van der Waals surface area (Å²) in [7, 11) is 0. The van der Waals surface area contributed by atoms with Crippen molar-refractivity contribution in [3.05, 3.63) is 0 Å². The van der Waals surface area contributed by atoms with Crippen molar-refractivity contribution in [2.45, 2.75) is 6.42 Å². The third kappa shape index (κ3) is 6.62. The summed E-state index contributed by atoms with van der Waals surface area (Å²) in [4.78, 5) is 0. The SMILES string of the molecule is C1CNSC1.[O]=[Ti]=[O]. The molecule has 8 heavy (non-hydrogen) atoms. The van der Waals surface area contributed by atoms with Gasteiger partial charge in [-0.3, -0.25) is 4.72 Å². The number of hydrogen-bond donors (Lipinski definition) is 1. The van der Waals surface area contributed by atoms with E-state index in [0.717, 1.165) is 0 Å². The quantitative estimate of drug-likeness (QED) is 0.420. The monoisotopic (exact) mass is 169 g/mol. The fourth-order valence-corrected chi connectivity index (χ4v) is 1.08. The van der Waals surface area contributed by atoms with Gasteiger partial charge in [0.25, 0.3) is 0 Å². The Morgan fingerprint density at radius 3 is 2.25 bits per heavy atom. The van der Waals surface area contributed by atoms with Crippen LogP contribution in [-0.4, -0.2) is 12.3 Å². The van der Waals surface area contributed by atoms with Gasteiger partial charge in [0, 0.05) is 12.3 Å². The second-order valence-electron chi connectivity index (χ2n) is 1.18. The molecule has 0 aromatic heterocycles. The minimum atomic E-state index is -2.00. The second-order valence-corrected chi connectivity index (χ2v) is 2.43. The summed E-state index contributed by atoms with van der Waals surface area (Å²) in [6.07, 6.45) is 1.35. The topological polar surface area (TPSA) is 46.2 Å². The molecule has 0 radical (unpaired) electrons. The Labute approximate surface area is 61.3 Å². The van der Waals surface area contributed by atoms with Crippen molar-refractivity contribution in [1.29, 1.82) is 0 Å². The predicted molar refractivity (Wildman–Crippen MR) is 26.5 cm³/mol. The normalized spacial score (nSPS) is 16.0. The van der Waals surface area contributed by atoms with Crippen LogP contribution < -0.4 is 4.72 Å². The Morgan fingerprint density at radius 2 is 2.12 bits per heavy atom. The zero-order chi connectivity index (χ0) is 6.24. The first-order valence-electron chi connectivity index (χ1n) is 2.25. The maximum absolute atomic E-state index is 8.50. The van der Waals surface area contributed by atoms with Crippen LogP contribution in [0.1, 0.15) is 6.42 Å². The van der Waals surface area contributed by atoms with Gasteiger partial charge >= 0.3 is 25.7 Å². The van der Waals surface area contributed by atoms with Crippen LogP contribution in [0, 0.1) is 0 Å². The first kappa shape index (κ1) is 8.62. The van der Waals surface area contributed by atoms with Crippen LogP contribution >= 0.6 is 11.9 Å². The van der Waals surface area contributed by atoms with E-state index in [4.69, 9.17) is 6.65 Å². The van der Waals surface area contributed by atoms with E-state index in [1.807, 2.05) is 11.9 Å². The van der Waals surface area contributed by atoms with E-state index in [-0.39, 0.29) is 0 Å². The van der Waals surface area contributed by atoms with Crippen LogP contribution in [0.3, 0.4) is 0 Å².